The van der Waals surface area contributed by atoms with E-state index in [4.69, 9.17) is 9.52 Å². The minimum Gasteiger partial charge on any atom is -0.475 e. The number of esters is 1. The Morgan fingerprint density at radius 3 is 2.40 bits per heavy atom. The van der Waals surface area contributed by atoms with Gasteiger partial charge in [-0.15, -0.1) is 0 Å². The Balaban J connectivity index is 0.000000200. The van der Waals surface area contributed by atoms with Crippen molar-refractivity contribution in [2.75, 3.05) is 0 Å². The highest BCUT2D eigenvalue weighted by Crippen LogP contribution is 2.10. The molecule has 0 unspecified atom stereocenters. The number of carbonyl (C=O) groups excluding carboxylic acids is 1. The van der Waals surface area contributed by atoms with Gasteiger partial charge in [0, 0.05) is 5.56 Å². The lowest BCUT2D eigenvalue weighted by Gasteiger charge is -1.90. The summed E-state index contributed by atoms with van der Waals surface area (Å²) in [7, 11) is 0. The molecule has 0 saturated heterocycles. The largest absolute Gasteiger partial charge is 0.475 e. The lowest BCUT2D eigenvalue weighted by molar-refractivity contribution is 0.0627. The number of furan rings is 2. The Hall–Kier alpha value is -3.02. The van der Waals surface area contributed by atoms with Crippen LogP contribution in [0.15, 0.2) is 59.0 Å². The molecule has 6 heteroatoms. The Kier molecular flexibility index (Phi) is 5.58. The van der Waals surface area contributed by atoms with Crippen LogP contribution in [0, 0.1) is 0 Å². The average Bonchev–Trinajstić information content (AvgIpc) is 3.11. The molecule has 0 atom stereocenters. The molecule has 2 rings (SSSR count). The van der Waals surface area contributed by atoms with Gasteiger partial charge < -0.3 is 18.7 Å². The highest BCUT2D eigenvalue weighted by atomic mass is 16.5. The smallest absolute Gasteiger partial charge is 0.378 e. The molecule has 2 aromatic rings. The molecule has 0 aliphatic heterocycles. The number of carbonyl (C=O) groups is 2. The molecule has 0 amide bonds. The molecule has 2 heterocycles. The fourth-order valence-corrected chi connectivity index (χ4v) is 1.18. The lowest BCUT2D eigenvalue weighted by atomic mass is 10.2. The fourth-order valence-electron chi connectivity index (χ4n) is 1.18. The molecule has 0 spiro atoms. The van der Waals surface area contributed by atoms with Gasteiger partial charge in [-0.1, -0.05) is 19.2 Å². The van der Waals surface area contributed by atoms with Crippen LogP contribution in [0.25, 0.3) is 6.08 Å². The average molecular weight is 276 g/mol. The van der Waals surface area contributed by atoms with Crippen molar-refractivity contribution < 1.29 is 28.3 Å². The Bertz CT molecular complexity index is 591. The molecule has 0 aliphatic rings. The zero-order valence-corrected chi connectivity index (χ0v) is 10.4. The first-order valence-corrected chi connectivity index (χ1v) is 5.38. The SMILES string of the molecule is C=COC(=O)c1ccco1.C=Cc1ccoc1C(=O)O. The van der Waals surface area contributed by atoms with E-state index in [9.17, 15) is 9.59 Å². The maximum absolute atomic E-state index is 10.7. The summed E-state index contributed by atoms with van der Waals surface area (Å²) in [6.07, 6.45) is 5.22. The number of carboxylic acid groups (broad SMARTS) is 1. The number of rotatable bonds is 4. The number of hydrogen-bond acceptors (Lipinski definition) is 5. The third-order valence-corrected chi connectivity index (χ3v) is 2.02. The van der Waals surface area contributed by atoms with E-state index in [1.54, 1.807) is 12.1 Å². The van der Waals surface area contributed by atoms with Crippen LogP contribution < -0.4 is 0 Å². The number of hydrogen-bond donors (Lipinski definition) is 1. The van der Waals surface area contributed by atoms with Crippen LogP contribution in [0.3, 0.4) is 0 Å². The van der Waals surface area contributed by atoms with E-state index < -0.39 is 11.9 Å². The molecule has 0 saturated carbocycles. The van der Waals surface area contributed by atoms with Gasteiger partial charge in [-0.2, -0.15) is 0 Å². The first-order valence-electron chi connectivity index (χ1n) is 5.38. The van der Waals surface area contributed by atoms with E-state index in [2.05, 4.69) is 22.3 Å². The van der Waals surface area contributed by atoms with Gasteiger partial charge in [-0.3, -0.25) is 0 Å². The molecular weight excluding hydrogens is 264 g/mol. The van der Waals surface area contributed by atoms with Crippen LogP contribution >= 0.6 is 0 Å². The van der Waals surface area contributed by atoms with Crippen molar-refractivity contribution in [3.05, 3.63) is 67.2 Å². The van der Waals surface area contributed by atoms with Gasteiger partial charge in [0.15, 0.2) is 0 Å². The van der Waals surface area contributed by atoms with Crippen LogP contribution in [0.5, 0.6) is 0 Å². The van der Waals surface area contributed by atoms with Crippen molar-refractivity contribution >= 4 is 18.0 Å². The first kappa shape index (κ1) is 15.0. The molecule has 0 aliphatic carbocycles. The molecule has 1 N–H and O–H groups in total. The number of carboxylic acids is 1. The lowest BCUT2D eigenvalue weighted by Crippen LogP contribution is -1.96. The Morgan fingerprint density at radius 1 is 1.20 bits per heavy atom. The van der Waals surface area contributed by atoms with Crippen molar-refractivity contribution in [1.29, 1.82) is 0 Å². The fraction of sp³-hybridized carbons (Fsp3) is 0. The Labute approximate surface area is 114 Å². The summed E-state index contributed by atoms with van der Waals surface area (Å²) in [5.74, 6) is -1.48. The summed E-state index contributed by atoms with van der Waals surface area (Å²) in [5.41, 5.74) is 0.507. The normalized spacial score (nSPS) is 9.00. The molecule has 0 radical (unpaired) electrons. The van der Waals surface area contributed by atoms with Gasteiger partial charge in [0.05, 0.1) is 18.8 Å². The summed E-state index contributed by atoms with van der Waals surface area (Å²) in [4.78, 5) is 21.0. The summed E-state index contributed by atoms with van der Waals surface area (Å²) < 4.78 is 13.8. The van der Waals surface area contributed by atoms with E-state index in [0.717, 1.165) is 6.26 Å². The third-order valence-electron chi connectivity index (χ3n) is 2.02. The minimum atomic E-state index is -1.07. The predicted octanol–water partition coefficient (Wildman–Crippen LogP) is 3.20. The summed E-state index contributed by atoms with van der Waals surface area (Å²) in [5, 5.41) is 8.44. The van der Waals surface area contributed by atoms with Gasteiger partial charge in [0.25, 0.3) is 0 Å². The third kappa shape index (κ3) is 4.02. The second-order valence-electron chi connectivity index (χ2n) is 3.26. The van der Waals surface area contributed by atoms with Gasteiger partial charge in [-0.25, -0.2) is 9.59 Å². The second-order valence-corrected chi connectivity index (χ2v) is 3.26. The van der Waals surface area contributed by atoms with Crippen molar-refractivity contribution in [3.63, 3.8) is 0 Å². The topological polar surface area (TPSA) is 89.9 Å². The molecule has 20 heavy (non-hydrogen) atoms. The van der Waals surface area contributed by atoms with E-state index in [1.807, 2.05) is 0 Å². The minimum absolute atomic E-state index is 0.0602. The van der Waals surface area contributed by atoms with Crippen molar-refractivity contribution in [2.45, 2.75) is 0 Å². The molecule has 0 fully saturated rings. The zero-order valence-electron chi connectivity index (χ0n) is 10.4. The van der Waals surface area contributed by atoms with Crippen LogP contribution in [0.1, 0.15) is 26.7 Å². The molecule has 6 nitrogen and oxygen atoms in total. The van der Waals surface area contributed by atoms with Crippen molar-refractivity contribution in [2.24, 2.45) is 0 Å². The highest BCUT2D eigenvalue weighted by Gasteiger charge is 2.10. The maximum atomic E-state index is 10.7. The van der Waals surface area contributed by atoms with Gasteiger partial charge >= 0.3 is 11.9 Å². The molecular formula is C14H12O6. The standard InChI is InChI=1S/2C7H6O3/c1-2-9-7(8)6-4-3-5-10-6;1-2-5-3-4-10-6(5)7(8)9/h2-5H,1H2;2-4H,1H2,(H,8,9). The summed E-state index contributed by atoms with van der Waals surface area (Å²) in [6.45, 7) is 6.65. The van der Waals surface area contributed by atoms with E-state index in [1.165, 1.54) is 24.7 Å². The molecule has 2 aromatic heterocycles. The summed E-state index contributed by atoms with van der Waals surface area (Å²) in [6, 6.07) is 4.68. The number of aromatic carboxylic acids is 1. The van der Waals surface area contributed by atoms with Crippen LogP contribution in [-0.2, 0) is 4.74 Å². The van der Waals surface area contributed by atoms with Crippen molar-refractivity contribution in [3.8, 4) is 0 Å². The monoisotopic (exact) mass is 276 g/mol. The van der Waals surface area contributed by atoms with Crippen molar-refractivity contribution in [1.82, 2.24) is 0 Å². The van der Waals surface area contributed by atoms with Crippen LogP contribution in [0.4, 0.5) is 0 Å². The number of ether oxygens (including phenoxy) is 1. The van der Waals surface area contributed by atoms with Gasteiger partial charge in [0.1, 0.15) is 0 Å². The maximum Gasteiger partial charge on any atom is 0.378 e. The van der Waals surface area contributed by atoms with Gasteiger partial charge in [0.2, 0.25) is 11.5 Å². The predicted molar refractivity (Wildman–Crippen MR) is 70.1 cm³/mol. The van der Waals surface area contributed by atoms with E-state index in [-0.39, 0.29) is 11.5 Å². The second kappa shape index (κ2) is 7.42. The molecule has 0 bridgehead atoms. The van der Waals surface area contributed by atoms with Crippen LogP contribution in [-0.4, -0.2) is 17.0 Å². The Morgan fingerprint density at radius 2 is 1.95 bits per heavy atom. The zero-order chi connectivity index (χ0) is 15.0. The quantitative estimate of drug-likeness (QED) is 0.681. The highest BCUT2D eigenvalue weighted by molar-refractivity contribution is 5.88. The molecule has 104 valence electrons. The van der Waals surface area contributed by atoms with E-state index in [0.29, 0.717) is 5.56 Å². The molecule has 0 aromatic carbocycles. The van der Waals surface area contributed by atoms with E-state index >= 15 is 0 Å². The first-order chi connectivity index (χ1) is 9.60. The van der Waals surface area contributed by atoms with Gasteiger partial charge in [-0.05, 0) is 18.2 Å². The summed E-state index contributed by atoms with van der Waals surface area (Å²) >= 11 is 0. The van der Waals surface area contributed by atoms with Crippen LogP contribution in [0.2, 0.25) is 0 Å².